The van der Waals surface area contributed by atoms with Crippen molar-refractivity contribution in [1.82, 2.24) is 0 Å². The number of rotatable bonds is 10. The highest BCUT2D eigenvalue weighted by atomic mass is 32.2. The quantitative estimate of drug-likeness (QED) is 0.284. The molecule has 17 heteroatoms. The molecule has 0 rings (SSSR count). The van der Waals surface area contributed by atoms with Gasteiger partial charge in [-0.1, -0.05) is 6.08 Å². The molecule has 0 aliphatic rings. The van der Waals surface area contributed by atoms with Gasteiger partial charge in [0.05, 0.1) is 0 Å². The zero-order valence-electron chi connectivity index (χ0n) is 13.8. The fraction of sp³-hybridized carbons (Fsp3) is 0.833. The van der Waals surface area contributed by atoms with E-state index in [4.69, 9.17) is 10.3 Å². The summed E-state index contributed by atoms with van der Waals surface area (Å²) < 4.78 is 181. The molecule has 0 spiro atoms. The molecule has 0 saturated heterocycles. The van der Waals surface area contributed by atoms with E-state index >= 15 is 0 Å². The van der Waals surface area contributed by atoms with Crippen LogP contribution >= 0.6 is 0 Å². The van der Waals surface area contributed by atoms with E-state index in [0.29, 0.717) is 6.54 Å². The Bertz CT molecular complexity index is 605. The van der Waals surface area contributed by atoms with Gasteiger partial charge in [-0.3, -0.25) is 4.55 Å². The summed E-state index contributed by atoms with van der Waals surface area (Å²) in [6.45, 7) is 3.94. The Hall–Kier alpha value is -1.23. The van der Waals surface area contributed by atoms with Gasteiger partial charge in [0.15, 0.2) is 24.7 Å². The molecule has 0 aromatic rings. The normalized spacial score (nSPS) is 19.4. The summed E-state index contributed by atoms with van der Waals surface area (Å²) in [6.07, 6.45) is -25.4. The molecule has 6 unspecified atom stereocenters. The van der Waals surface area contributed by atoms with Gasteiger partial charge in [-0.05, 0) is 0 Å². The number of halogens is 12. The number of nitrogens with two attached hydrogens (primary N) is 1. The van der Waals surface area contributed by atoms with Gasteiger partial charge in [0.25, 0.3) is 11.9 Å². The first-order chi connectivity index (χ1) is 12.8. The molecule has 176 valence electrons. The van der Waals surface area contributed by atoms with Crippen molar-refractivity contribution in [2.24, 2.45) is 5.73 Å². The van der Waals surface area contributed by atoms with Crippen molar-refractivity contribution in [3.63, 3.8) is 0 Å². The van der Waals surface area contributed by atoms with Crippen molar-refractivity contribution >= 4 is 10.1 Å². The van der Waals surface area contributed by atoms with Crippen LogP contribution in [0.25, 0.3) is 0 Å². The highest BCUT2D eigenvalue weighted by molar-refractivity contribution is 7.86. The third-order valence-corrected chi connectivity index (χ3v) is 3.76. The van der Waals surface area contributed by atoms with Gasteiger partial charge in [-0.15, -0.1) is 6.58 Å². The molecule has 0 aliphatic carbocycles. The second-order valence-corrected chi connectivity index (χ2v) is 6.56. The number of alkyl halides is 12. The van der Waals surface area contributed by atoms with Crippen LogP contribution in [0, 0.1) is 0 Å². The number of hydrogen-bond acceptors (Lipinski definition) is 3. The lowest BCUT2D eigenvalue weighted by atomic mass is 9.97. The van der Waals surface area contributed by atoms with E-state index in [1.165, 1.54) is 0 Å². The van der Waals surface area contributed by atoms with Crippen molar-refractivity contribution in [2.75, 3.05) is 6.54 Å². The van der Waals surface area contributed by atoms with Crippen molar-refractivity contribution in [2.45, 2.75) is 54.6 Å². The van der Waals surface area contributed by atoms with Crippen LogP contribution in [0.15, 0.2) is 12.7 Å². The second kappa shape index (κ2) is 11.2. The van der Waals surface area contributed by atoms with Crippen molar-refractivity contribution in [3.05, 3.63) is 12.7 Å². The molecule has 0 aromatic heterocycles. The van der Waals surface area contributed by atoms with Crippen LogP contribution in [0.1, 0.15) is 0 Å². The lowest BCUT2D eigenvalue weighted by Crippen LogP contribution is -2.59. The molecule has 0 heterocycles. The average molecular weight is 481 g/mol. The van der Waals surface area contributed by atoms with Crippen molar-refractivity contribution < 1.29 is 65.7 Å². The third-order valence-electron chi connectivity index (χ3n) is 2.94. The maximum absolute atomic E-state index is 13.1. The SMILES string of the molecule is C=CCN.O=S(=O)(O)C(F)C(F)(F)C(F)(F)C(F)C(F)C(F)C(F)C(F)C(F)F. The van der Waals surface area contributed by atoms with Gasteiger partial charge in [-0.25, -0.2) is 35.1 Å². The van der Waals surface area contributed by atoms with Crippen LogP contribution in [0.3, 0.4) is 0 Å². The van der Waals surface area contributed by atoms with E-state index in [-0.39, 0.29) is 0 Å². The molecule has 0 aromatic carbocycles. The third kappa shape index (κ3) is 7.51. The second-order valence-electron chi connectivity index (χ2n) is 5.12. The molecule has 0 aliphatic heterocycles. The van der Waals surface area contributed by atoms with Crippen LogP contribution in [0.2, 0.25) is 0 Å². The van der Waals surface area contributed by atoms with Crippen LogP contribution in [0.4, 0.5) is 52.7 Å². The highest BCUT2D eigenvalue weighted by Gasteiger charge is 2.72. The first-order valence-electron chi connectivity index (χ1n) is 6.97. The summed E-state index contributed by atoms with van der Waals surface area (Å²) in [5, 5.41) is 0. The van der Waals surface area contributed by atoms with E-state index in [1.807, 2.05) is 0 Å². The van der Waals surface area contributed by atoms with E-state index in [1.54, 1.807) is 6.08 Å². The molecule has 0 saturated carbocycles. The van der Waals surface area contributed by atoms with E-state index in [0.717, 1.165) is 0 Å². The van der Waals surface area contributed by atoms with Crippen LogP contribution in [-0.4, -0.2) is 74.1 Å². The molecule has 0 radical (unpaired) electrons. The molecular weight excluding hydrogens is 466 g/mol. The summed E-state index contributed by atoms with van der Waals surface area (Å²) >= 11 is 0. The summed E-state index contributed by atoms with van der Waals surface area (Å²) in [7, 11) is -6.58. The molecule has 0 bridgehead atoms. The van der Waals surface area contributed by atoms with E-state index in [2.05, 4.69) is 6.58 Å². The average Bonchev–Trinajstić information content (AvgIpc) is 2.63. The molecule has 0 fully saturated rings. The van der Waals surface area contributed by atoms with Crippen molar-refractivity contribution in [1.29, 1.82) is 0 Å². The van der Waals surface area contributed by atoms with Crippen molar-refractivity contribution in [3.8, 4) is 0 Å². The molecule has 4 nitrogen and oxygen atoms in total. The summed E-state index contributed by atoms with van der Waals surface area (Å²) in [5.74, 6) is -13.4. The molecular formula is C12H15F12NO3S. The van der Waals surface area contributed by atoms with Crippen LogP contribution < -0.4 is 5.73 Å². The minimum atomic E-state index is -6.71. The standard InChI is InChI=1S/C9H8F12O3S.C3H7N/c10-1(2(11)4(13)6(15)16)3(12)5(14)8(18,19)9(20,21)7(17)25(22,23)24;1-2-3-4/h1-7H,(H,22,23,24);2H,1,3-4H2. The Morgan fingerprint density at radius 1 is 0.828 bits per heavy atom. The van der Waals surface area contributed by atoms with Gasteiger partial charge in [-0.2, -0.15) is 26.0 Å². The summed E-state index contributed by atoms with van der Waals surface area (Å²) in [5.41, 5.74) is -0.290. The molecule has 0 amide bonds. The van der Waals surface area contributed by atoms with E-state index < -0.39 is 64.8 Å². The van der Waals surface area contributed by atoms with Crippen LogP contribution in [-0.2, 0) is 10.1 Å². The Kier molecular flexibility index (Phi) is 11.6. The monoisotopic (exact) mass is 481 g/mol. The maximum atomic E-state index is 13.1. The Balaban J connectivity index is 0. The molecule has 29 heavy (non-hydrogen) atoms. The topological polar surface area (TPSA) is 80.4 Å². The summed E-state index contributed by atoms with van der Waals surface area (Å²) in [6, 6.07) is 0. The van der Waals surface area contributed by atoms with Gasteiger partial charge < -0.3 is 5.73 Å². The largest absolute Gasteiger partial charge is 0.360 e. The zero-order valence-corrected chi connectivity index (χ0v) is 14.6. The number of hydrogen-bond donors (Lipinski definition) is 2. The fourth-order valence-corrected chi connectivity index (χ4v) is 1.91. The Morgan fingerprint density at radius 2 is 1.17 bits per heavy atom. The van der Waals surface area contributed by atoms with Gasteiger partial charge in [0.2, 0.25) is 6.17 Å². The highest BCUT2D eigenvalue weighted by Crippen LogP contribution is 2.45. The molecule has 6 atom stereocenters. The Labute approximate surface area is 156 Å². The first-order valence-corrected chi connectivity index (χ1v) is 8.48. The van der Waals surface area contributed by atoms with E-state index in [9.17, 15) is 61.1 Å². The lowest BCUT2D eigenvalue weighted by molar-refractivity contribution is -0.264. The van der Waals surface area contributed by atoms with Gasteiger partial charge in [0.1, 0.15) is 0 Å². The minimum Gasteiger partial charge on any atom is -0.327 e. The smallest absolute Gasteiger partial charge is 0.327 e. The maximum Gasteiger partial charge on any atom is 0.360 e. The first kappa shape index (κ1) is 30.0. The fourth-order valence-electron chi connectivity index (χ4n) is 1.37. The summed E-state index contributed by atoms with van der Waals surface area (Å²) in [4.78, 5) is 0. The lowest BCUT2D eigenvalue weighted by Gasteiger charge is -2.32. The van der Waals surface area contributed by atoms with Crippen LogP contribution in [0.5, 0.6) is 0 Å². The van der Waals surface area contributed by atoms with Gasteiger partial charge >= 0.3 is 22.0 Å². The minimum absolute atomic E-state index is 0.583. The Morgan fingerprint density at radius 3 is 1.45 bits per heavy atom. The predicted octanol–water partition coefficient (Wildman–Crippen LogP) is 3.53. The van der Waals surface area contributed by atoms with Gasteiger partial charge in [0, 0.05) is 6.54 Å². The zero-order chi connectivity index (χ0) is 24.0. The predicted molar refractivity (Wildman–Crippen MR) is 76.1 cm³/mol. The molecule has 3 N–H and O–H groups in total.